The van der Waals surface area contributed by atoms with Crippen LogP contribution < -0.4 is 10.6 Å². The third-order valence-corrected chi connectivity index (χ3v) is 7.96. The SMILES string of the molecule is CN1C[C@H](C(C(N)=O)c2ccc(N3CCCC3)nn2)C[C@@H]2c3cccc4[nH]cc(c34)C[C@H]21. The summed E-state index contributed by atoms with van der Waals surface area (Å²) in [4.78, 5) is 20.8. The molecule has 166 valence electrons. The molecule has 0 saturated carbocycles. The van der Waals surface area contributed by atoms with Gasteiger partial charge in [0.25, 0.3) is 0 Å². The molecule has 1 aliphatic carbocycles. The molecule has 1 amide bonds. The summed E-state index contributed by atoms with van der Waals surface area (Å²) in [6, 6.07) is 11.0. The predicted octanol–water partition coefficient (Wildman–Crippen LogP) is 2.79. The molecule has 4 atom stereocenters. The molecule has 2 fully saturated rings. The van der Waals surface area contributed by atoms with Gasteiger partial charge in [0.2, 0.25) is 5.91 Å². The number of hydrogen-bond donors (Lipinski definition) is 2. The fourth-order valence-corrected chi connectivity index (χ4v) is 6.46. The molecule has 4 heterocycles. The Morgan fingerprint density at radius 1 is 1.19 bits per heavy atom. The second-order valence-corrected chi connectivity index (χ2v) is 9.79. The van der Waals surface area contributed by atoms with Crippen LogP contribution >= 0.6 is 0 Å². The molecule has 7 heteroatoms. The van der Waals surface area contributed by atoms with Crippen LogP contribution in [0, 0.1) is 5.92 Å². The first-order chi connectivity index (χ1) is 15.6. The van der Waals surface area contributed by atoms with E-state index in [0.29, 0.717) is 17.7 Å². The Balaban J connectivity index is 1.32. The van der Waals surface area contributed by atoms with Crippen molar-refractivity contribution < 1.29 is 4.79 Å². The highest BCUT2D eigenvalue weighted by Crippen LogP contribution is 2.46. The number of likely N-dealkylation sites (tertiary alicyclic amines) is 1. The average molecular weight is 431 g/mol. The number of aromatic nitrogens is 3. The lowest BCUT2D eigenvalue weighted by atomic mass is 9.69. The molecule has 2 aromatic heterocycles. The number of amides is 1. The number of fused-ring (bicyclic) bond motifs is 2. The van der Waals surface area contributed by atoms with E-state index in [1.54, 1.807) is 0 Å². The third kappa shape index (κ3) is 3.10. The van der Waals surface area contributed by atoms with Crippen LogP contribution in [0.15, 0.2) is 36.5 Å². The third-order valence-electron chi connectivity index (χ3n) is 7.96. The smallest absolute Gasteiger partial charge is 0.226 e. The summed E-state index contributed by atoms with van der Waals surface area (Å²) in [7, 11) is 2.18. The van der Waals surface area contributed by atoms with E-state index in [2.05, 4.69) is 56.4 Å². The highest BCUT2D eigenvalue weighted by molar-refractivity contribution is 5.88. The van der Waals surface area contributed by atoms with Crippen molar-refractivity contribution in [3.8, 4) is 0 Å². The standard InChI is InChI=1S/C25H30N6O/c1-30-14-16(11-18-17-5-4-6-19-23(17)15(13-27-19)12-21(18)30)24(25(26)32)20-7-8-22(29-28-20)31-9-2-3-10-31/h4-8,13,16,18,21,24,27H,2-3,9-12,14H2,1H3,(H2,26,32)/t16-,18-,21-,24?/m1/s1. The summed E-state index contributed by atoms with van der Waals surface area (Å²) in [5.74, 6) is 0.659. The normalized spacial score (nSPS) is 26.3. The number of primary amides is 1. The van der Waals surface area contributed by atoms with E-state index < -0.39 is 5.92 Å². The Labute approximate surface area is 188 Å². The van der Waals surface area contributed by atoms with Crippen molar-refractivity contribution in [2.24, 2.45) is 11.7 Å². The first kappa shape index (κ1) is 19.7. The lowest BCUT2D eigenvalue weighted by Gasteiger charge is -2.46. The van der Waals surface area contributed by atoms with E-state index in [9.17, 15) is 4.79 Å². The molecule has 2 saturated heterocycles. The van der Waals surface area contributed by atoms with Crippen molar-refractivity contribution in [3.63, 3.8) is 0 Å². The molecular formula is C25H30N6O. The minimum absolute atomic E-state index is 0.112. The number of piperidine rings is 1. The summed E-state index contributed by atoms with van der Waals surface area (Å²) in [5.41, 5.74) is 10.7. The Bertz CT molecular complexity index is 1150. The lowest BCUT2D eigenvalue weighted by molar-refractivity contribution is -0.121. The topological polar surface area (TPSA) is 91.1 Å². The van der Waals surface area contributed by atoms with Crippen LogP contribution in [0.4, 0.5) is 5.82 Å². The number of aromatic amines is 1. The van der Waals surface area contributed by atoms with Gasteiger partial charge in [-0.25, -0.2) is 0 Å². The number of likely N-dealkylation sites (N-methyl/N-ethyl adjacent to an activating group) is 1. The van der Waals surface area contributed by atoms with Crippen LogP contribution in [-0.2, 0) is 11.2 Å². The number of nitrogens with two attached hydrogens (primary N) is 1. The maximum Gasteiger partial charge on any atom is 0.226 e. The van der Waals surface area contributed by atoms with Crippen LogP contribution in [0.5, 0.6) is 0 Å². The van der Waals surface area contributed by atoms with Crippen molar-refractivity contribution in [2.75, 3.05) is 31.6 Å². The fraction of sp³-hybridized carbons (Fsp3) is 0.480. The maximum atomic E-state index is 12.7. The number of carbonyl (C=O) groups is 1. The number of hydrogen-bond acceptors (Lipinski definition) is 5. The Hall–Kier alpha value is -2.93. The van der Waals surface area contributed by atoms with Gasteiger partial charge in [-0.2, -0.15) is 5.10 Å². The zero-order valence-electron chi connectivity index (χ0n) is 18.5. The van der Waals surface area contributed by atoms with Crippen molar-refractivity contribution in [1.29, 1.82) is 0 Å². The largest absolute Gasteiger partial charge is 0.369 e. The molecule has 3 N–H and O–H groups in total. The quantitative estimate of drug-likeness (QED) is 0.664. The van der Waals surface area contributed by atoms with E-state index in [1.807, 2.05) is 12.1 Å². The predicted molar refractivity (Wildman–Crippen MR) is 125 cm³/mol. The van der Waals surface area contributed by atoms with Crippen LogP contribution in [0.1, 0.15) is 47.9 Å². The maximum absolute atomic E-state index is 12.7. The van der Waals surface area contributed by atoms with Crippen LogP contribution in [0.2, 0.25) is 0 Å². The van der Waals surface area contributed by atoms with Crippen molar-refractivity contribution >= 4 is 22.6 Å². The highest BCUT2D eigenvalue weighted by atomic mass is 16.1. The minimum Gasteiger partial charge on any atom is -0.369 e. The molecule has 0 bridgehead atoms. The summed E-state index contributed by atoms with van der Waals surface area (Å²) < 4.78 is 0. The zero-order chi connectivity index (χ0) is 21.8. The number of rotatable bonds is 4. The van der Waals surface area contributed by atoms with Crippen LogP contribution in [-0.4, -0.2) is 58.7 Å². The second kappa shape index (κ2) is 7.59. The first-order valence-electron chi connectivity index (χ1n) is 11.8. The molecule has 6 rings (SSSR count). The number of anilines is 1. The Morgan fingerprint density at radius 2 is 2.03 bits per heavy atom. The molecule has 1 unspecified atom stereocenters. The van der Waals surface area contributed by atoms with E-state index in [-0.39, 0.29) is 11.8 Å². The molecule has 2 aliphatic heterocycles. The molecular weight excluding hydrogens is 400 g/mol. The van der Waals surface area contributed by atoms with Gasteiger partial charge in [0.05, 0.1) is 11.6 Å². The highest BCUT2D eigenvalue weighted by Gasteiger charge is 2.43. The van der Waals surface area contributed by atoms with Gasteiger partial charge in [0.1, 0.15) is 0 Å². The summed E-state index contributed by atoms with van der Waals surface area (Å²) in [5, 5.41) is 10.3. The summed E-state index contributed by atoms with van der Waals surface area (Å²) in [6.45, 7) is 2.88. The van der Waals surface area contributed by atoms with Gasteiger partial charge in [0.15, 0.2) is 5.82 Å². The van der Waals surface area contributed by atoms with Gasteiger partial charge in [0, 0.05) is 48.7 Å². The summed E-state index contributed by atoms with van der Waals surface area (Å²) in [6.07, 6.45) is 6.52. The van der Waals surface area contributed by atoms with Gasteiger partial charge in [-0.15, -0.1) is 5.10 Å². The number of nitrogens with one attached hydrogen (secondary N) is 1. The zero-order valence-corrected chi connectivity index (χ0v) is 18.5. The van der Waals surface area contributed by atoms with Gasteiger partial charge < -0.3 is 20.5 Å². The van der Waals surface area contributed by atoms with E-state index in [1.165, 1.54) is 34.9 Å². The summed E-state index contributed by atoms with van der Waals surface area (Å²) >= 11 is 0. The second-order valence-electron chi connectivity index (χ2n) is 9.79. The fourth-order valence-electron chi connectivity index (χ4n) is 6.46. The van der Waals surface area contributed by atoms with Gasteiger partial charge in [-0.3, -0.25) is 4.79 Å². The first-order valence-corrected chi connectivity index (χ1v) is 11.8. The van der Waals surface area contributed by atoms with Crippen molar-refractivity contribution in [1.82, 2.24) is 20.1 Å². The monoisotopic (exact) mass is 430 g/mol. The van der Waals surface area contributed by atoms with Gasteiger partial charge >= 0.3 is 0 Å². The molecule has 0 radical (unpaired) electrons. The Morgan fingerprint density at radius 3 is 2.78 bits per heavy atom. The van der Waals surface area contributed by atoms with E-state index in [0.717, 1.165) is 38.3 Å². The molecule has 0 spiro atoms. The van der Waals surface area contributed by atoms with Gasteiger partial charge in [-0.1, -0.05) is 12.1 Å². The van der Waals surface area contributed by atoms with E-state index in [4.69, 9.17) is 5.73 Å². The Kier molecular flexibility index (Phi) is 4.68. The molecule has 3 aromatic rings. The molecule has 32 heavy (non-hydrogen) atoms. The van der Waals surface area contributed by atoms with Crippen molar-refractivity contribution in [3.05, 3.63) is 53.3 Å². The number of H-pyrrole nitrogens is 1. The minimum atomic E-state index is -0.426. The molecule has 3 aliphatic rings. The lowest BCUT2D eigenvalue weighted by Crippen LogP contribution is -2.50. The number of benzene rings is 1. The molecule has 7 nitrogen and oxygen atoms in total. The van der Waals surface area contributed by atoms with Gasteiger partial charge in [-0.05, 0) is 68.0 Å². The van der Waals surface area contributed by atoms with E-state index >= 15 is 0 Å². The average Bonchev–Trinajstić information content (AvgIpc) is 3.47. The van der Waals surface area contributed by atoms with Crippen LogP contribution in [0.25, 0.3) is 10.9 Å². The van der Waals surface area contributed by atoms with Crippen LogP contribution in [0.3, 0.4) is 0 Å². The van der Waals surface area contributed by atoms with Crippen molar-refractivity contribution in [2.45, 2.75) is 43.6 Å². The number of nitrogens with zero attached hydrogens (tertiary/aromatic N) is 4. The number of carbonyl (C=O) groups excluding carboxylic acids is 1. The molecule has 1 aromatic carbocycles.